The quantitative estimate of drug-likeness (QED) is 0.869. The van der Waals surface area contributed by atoms with Crippen molar-refractivity contribution in [1.82, 2.24) is 9.97 Å². The van der Waals surface area contributed by atoms with Crippen molar-refractivity contribution in [2.75, 3.05) is 18.0 Å². The molecule has 2 aromatic rings. The average Bonchev–Trinajstić information content (AvgIpc) is 2.36. The van der Waals surface area contributed by atoms with E-state index in [0.717, 1.165) is 28.2 Å². The second-order valence-corrected chi connectivity index (χ2v) is 5.22. The van der Waals surface area contributed by atoms with Gasteiger partial charge >= 0.3 is 0 Å². The van der Waals surface area contributed by atoms with E-state index < -0.39 is 0 Å². The van der Waals surface area contributed by atoms with Crippen molar-refractivity contribution >= 4 is 5.82 Å². The molecule has 0 amide bonds. The van der Waals surface area contributed by atoms with E-state index in [1.807, 2.05) is 24.8 Å². The molecule has 104 valence electrons. The molecule has 0 spiro atoms. The number of aromatic hydroxyl groups is 1. The zero-order valence-electron chi connectivity index (χ0n) is 11.5. The number of hydrogen-bond donors (Lipinski definition) is 2. The lowest BCUT2D eigenvalue weighted by Gasteiger charge is -2.38. The number of aromatic nitrogens is 2. The Bertz CT molecular complexity index is 652. The summed E-state index contributed by atoms with van der Waals surface area (Å²) < 4.78 is 0. The van der Waals surface area contributed by atoms with Gasteiger partial charge in [-0.05, 0) is 37.1 Å². The van der Waals surface area contributed by atoms with Crippen molar-refractivity contribution < 1.29 is 10.2 Å². The lowest BCUT2D eigenvalue weighted by molar-refractivity contribution is 0.141. The molecule has 1 aromatic carbocycles. The van der Waals surface area contributed by atoms with Crippen LogP contribution in [0.2, 0.25) is 0 Å². The van der Waals surface area contributed by atoms with Gasteiger partial charge in [-0.3, -0.25) is 0 Å². The molecule has 5 heteroatoms. The summed E-state index contributed by atoms with van der Waals surface area (Å²) in [5.74, 6) is 1.10. The normalized spacial score (nSPS) is 15.2. The largest absolute Gasteiger partial charge is 0.508 e. The van der Waals surface area contributed by atoms with Crippen molar-refractivity contribution in [2.45, 2.75) is 20.0 Å². The van der Waals surface area contributed by atoms with Gasteiger partial charge in [0.25, 0.3) is 0 Å². The molecule has 2 N–H and O–H groups in total. The van der Waals surface area contributed by atoms with Crippen LogP contribution in [-0.4, -0.2) is 39.4 Å². The number of aryl methyl sites for hydroxylation is 2. The Balaban J connectivity index is 2.12. The Kier molecular flexibility index (Phi) is 3.06. The van der Waals surface area contributed by atoms with Crippen LogP contribution in [0.15, 0.2) is 24.5 Å². The van der Waals surface area contributed by atoms with Crippen molar-refractivity contribution in [3.63, 3.8) is 0 Å². The van der Waals surface area contributed by atoms with Crippen molar-refractivity contribution in [3.8, 4) is 16.9 Å². The maximum absolute atomic E-state index is 9.55. The SMILES string of the molecule is Cc1cc(O)ccc1-c1c(C)ncnc1N1CC(O)C1. The molecule has 0 atom stereocenters. The molecule has 1 aliphatic rings. The number of benzene rings is 1. The van der Waals surface area contributed by atoms with E-state index in [9.17, 15) is 10.2 Å². The third-order valence-electron chi connectivity index (χ3n) is 3.66. The highest BCUT2D eigenvalue weighted by atomic mass is 16.3. The number of phenolic OH excluding ortho intramolecular Hbond substituents is 1. The lowest BCUT2D eigenvalue weighted by atomic mass is 9.98. The van der Waals surface area contributed by atoms with Crippen LogP contribution in [0.5, 0.6) is 5.75 Å². The van der Waals surface area contributed by atoms with Gasteiger partial charge < -0.3 is 15.1 Å². The van der Waals surface area contributed by atoms with Crippen LogP contribution >= 0.6 is 0 Å². The molecule has 1 saturated heterocycles. The Hall–Kier alpha value is -2.14. The van der Waals surface area contributed by atoms with E-state index in [2.05, 4.69) is 9.97 Å². The second kappa shape index (κ2) is 4.76. The summed E-state index contributed by atoms with van der Waals surface area (Å²) in [6, 6.07) is 5.29. The number of nitrogens with zero attached hydrogens (tertiary/aromatic N) is 3. The van der Waals surface area contributed by atoms with Crippen LogP contribution < -0.4 is 4.90 Å². The van der Waals surface area contributed by atoms with Gasteiger partial charge in [-0.25, -0.2) is 9.97 Å². The number of phenols is 1. The second-order valence-electron chi connectivity index (χ2n) is 5.22. The molecule has 0 radical (unpaired) electrons. The summed E-state index contributed by atoms with van der Waals surface area (Å²) in [4.78, 5) is 10.7. The molecule has 0 unspecified atom stereocenters. The third kappa shape index (κ3) is 2.10. The lowest BCUT2D eigenvalue weighted by Crippen LogP contribution is -2.51. The van der Waals surface area contributed by atoms with Crippen LogP contribution in [0, 0.1) is 13.8 Å². The molecular weight excluding hydrogens is 254 g/mol. The first-order chi connectivity index (χ1) is 9.56. The molecule has 1 fully saturated rings. The molecular formula is C15H17N3O2. The van der Waals surface area contributed by atoms with Gasteiger partial charge in [-0.15, -0.1) is 0 Å². The van der Waals surface area contributed by atoms with Gasteiger partial charge in [0.1, 0.15) is 17.9 Å². The molecule has 2 heterocycles. The Labute approximate surface area is 117 Å². The summed E-state index contributed by atoms with van der Waals surface area (Å²) in [5.41, 5.74) is 3.85. The van der Waals surface area contributed by atoms with Gasteiger partial charge in [0, 0.05) is 18.7 Å². The number of hydrogen-bond acceptors (Lipinski definition) is 5. The average molecular weight is 271 g/mol. The molecule has 0 aliphatic carbocycles. The number of β-amino-alcohol motifs (C(OH)–C–C–N with tert-alkyl or cyclic N) is 1. The van der Waals surface area contributed by atoms with Crippen molar-refractivity contribution in [1.29, 1.82) is 0 Å². The van der Waals surface area contributed by atoms with Gasteiger partial charge in [-0.2, -0.15) is 0 Å². The summed E-state index contributed by atoms with van der Waals surface area (Å²) in [6.45, 7) is 5.10. The Morgan fingerprint density at radius 2 is 1.95 bits per heavy atom. The monoisotopic (exact) mass is 271 g/mol. The molecule has 5 nitrogen and oxygen atoms in total. The maximum Gasteiger partial charge on any atom is 0.140 e. The first kappa shape index (κ1) is 12.9. The smallest absolute Gasteiger partial charge is 0.140 e. The molecule has 0 bridgehead atoms. The fourth-order valence-electron chi connectivity index (χ4n) is 2.57. The first-order valence-electron chi connectivity index (χ1n) is 6.61. The Morgan fingerprint density at radius 1 is 1.20 bits per heavy atom. The van der Waals surface area contributed by atoms with Crippen LogP contribution in [0.3, 0.4) is 0 Å². The predicted octanol–water partition coefficient (Wildman–Crippen LogP) is 1.65. The van der Waals surface area contributed by atoms with Gasteiger partial charge in [0.05, 0.1) is 11.8 Å². The van der Waals surface area contributed by atoms with E-state index in [0.29, 0.717) is 13.1 Å². The van der Waals surface area contributed by atoms with E-state index in [4.69, 9.17) is 0 Å². The van der Waals surface area contributed by atoms with Gasteiger partial charge in [-0.1, -0.05) is 6.07 Å². The maximum atomic E-state index is 9.55. The summed E-state index contributed by atoms with van der Waals surface area (Å²) in [7, 11) is 0. The third-order valence-corrected chi connectivity index (χ3v) is 3.66. The summed E-state index contributed by atoms with van der Waals surface area (Å²) >= 11 is 0. The molecule has 3 rings (SSSR count). The van der Waals surface area contributed by atoms with Gasteiger partial charge in [0.15, 0.2) is 0 Å². The van der Waals surface area contributed by atoms with E-state index in [1.54, 1.807) is 18.5 Å². The number of aliphatic hydroxyl groups is 1. The fourth-order valence-corrected chi connectivity index (χ4v) is 2.57. The number of rotatable bonds is 2. The van der Waals surface area contributed by atoms with Gasteiger partial charge in [0.2, 0.25) is 0 Å². The first-order valence-corrected chi connectivity index (χ1v) is 6.61. The highest BCUT2D eigenvalue weighted by Gasteiger charge is 2.28. The minimum absolute atomic E-state index is 0.252. The molecule has 1 aromatic heterocycles. The Morgan fingerprint density at radius 3 is 2.60 bits per heavy atom. The van der Waals surface area contributed by atoms with Crippen molar-refractivity contribution in [3.05, 3.63) is 35.8 Å². The molecule has 20 heavy (non-hydrogen) atoms. The van der Waals surface area contributed by atoms with E-state index in [1.165, 1.54) is 0 Å². The van der Waals surface area contributed by atoms with E-state index in [-0.39, 0.29) is 11.9 Å². The zero-order chi connectivity index (χ0) is 14.3. The number of anilines is 1. The topological polar surface area (TPSA) is 69.5 Å². The van der Waals surface area contributed by atoms with Crippen molar-refractivity contribution in [2.24, 2.45) is 0 Å². The zero-order valence-corrected chi connectivity index (χ0v) is 11.5. The van der Waals surface area contributed by atoms with Crippen LogP contribution in [0.25, 0.3) is 11.1 Å². The van der Waals surface area contributed by atoms with Crippen LogP contribution in [0.1, 0.15) is 11.3 Å². The van der Waals surface area contributed by atoms with Crippen LogP contribution in [0.4, 0.5) is 5.82 Å². The fraction of sp³-hybridized carbons (Fsp3) is 0.333. The minimum atomic E-state index is -0.279. The minimum Gasteiger partial charge on any atom is -0.508 e. The highest BCUT2D eigenvalue weighted by molar-refractivity contribution is 5.80. The highest BCUT2D eigenvalue weighted by Crippen LogP contribution is 2.36. The molecule has 0 saturated carbocycles. The van der Waals surface area contributed by atoms with E-state index >= 15 is 0 Å². The van der Waals surface area contributed by atoms with Crippen LogP contribution in [-0.2, 0) is 0 Å². The standard InChI is InChI=1S/C15H17N3O2/c1-9-5-11(19)3-4-13(9)14-10(2)16-8-17-15(14)18-6-12(20)7-18/h3-5,8,12,19-20H,6-7H2,1-2H3. The predicted molar refractivity (Wildman–Crippen MR) is 76.8 cm³/mol. The number of aliphatic hydroxyl groups excluding tert-OH is 1. The summed E-state index contributed by atoms with van der Waals surface area (Å²) in [6.07, 6.45) is 1.27. The summed E-state index contributed by atoms with van der Waals surface area (Å²) in [5, 5.41) is 19.0. The molecule has 1 aliphatic heterocycles.